The number of hydrogen-bond donors (Lipinski definition) is 2. The lowest BCUT2D eigenvalue weighted by Gasteiger charge is -2.23. The van der Waals surface area contributed by atoms with Crippen molar-refractivity contribution in [1.29, 1.82) is 0 Å². The first-order valence-electron chi connectivity index (χ1n) is 6.20. The number of hydrogen-bond acceptors (Lipinski definition) is 1. The van der Waals surface area contributed by atoms with E-state index in [2.05, 4.69) is 48.4 Å². The summed E-state index contributed by atoms with van der Waals surface area (Å²) in [7, 11) is 0. The number of nitrogens with two attached hydrogens (primary N) is 1. The van der Waals surface area contributed by atoms with Crippen LogP contribution >= 0.6 is 24.0 Å². The van der Waals surface area contributed by atoms with Gasteiger partial charge < -0.3 is 11.1 Å². The van der Waals surface area contributed by atoms with Gasteiger partial charge in [-0.25, -0.2) is 0 Å². The van der Waals surface area contributed by atoms with E-state index in [0.717, 1.165) is 0 Å². The van der Waals surface area contributed by atoms with Crippen molar-refractivity contribution in [2.75, 3.05) is 6.54 Å². The van der Waals surface area contributed by atoms with E-state index in [1.54, 1.807) is 0 Å². The highest BCUT2D eigenvalue weighted by Gasteiger charge is 2.23. The van der Waals surface area contributed by atoms with Gasteiger partial charge in [0, 0.05) is 11.5 Å². The van der Waals surface area contributed by atoms with Gasteiger partial charge in [0.25, 0.3) is 0 Å². The highest BCUT2D eigenvalue weighted by molar-refractivity contribution is 14.0. The van der Waals surface area contributed by atoms with Crippen LogP contribution in [0.4, 0.5) is 0 Å². The van der Waals surface area contributed by atoms with E-state index < -0.39 is 0 Å². The summed E-state index contributed by atoms with van der Waals surface area (Å²) in [6.07, 6.45) is 2.44. The van der Waals surface area contributed by atoms with Gasteiger partial charge in [0.15, 0.2) is 5.96 Å². The molecule has 0 bridgehead atoms. The number of aliphatic imine (C=N–C) groups is 1. The number of benzene rings is 1. The molecule has 100 valence electrons. The molecule has 1 aromatic rings. The third-order valence-corrected chi connectivity index (χ3v) is 3.13. The Hall–Kier alpha value is -0.780. The number of halogens is 1. The van der Waals surface area contributed by atoms with Crippen LogP contribution in [0.25, 0.3) is 0 Å². The molecule has 0 unspecified atom stereocenters. The first-order chi connectivity index (χ1) is 8.08. The van der Waals surface area contributed by atoms with Crippen LogP contribution in [0.3, 0.4) is 0 Å². The van der Waals surface area contributed by atoms with E-state index in [1.807, 2.05) is 6.07 Å². The lowest BCUT2D eigenvalue weighted by molar-refractivity contribution is 0.538. The molecular weight excluding hydrogens is 337 g/mol. The van der Waals surface area contributed by atoms with E-state index in [4.69, 9.17) is 5.73 Å². The third kappa shape index (κ3) is 4.48. The Kier molecular flexibility index (Phi) is 5.44. The van der Waals surface area contributed by atoms with Crippen molar-refractivity contribution >= 4 is 29.9 Å². The van der Waals surface area contributed by atoms with Crippen molar-refractivity contribution in [3.8, 4) is 0 Å². The molecule has 3 nitrogen and oxygen atoms in total. The Labute approximate surface area is 126 Å². The Morgan fingerprint density at radius 2 is 1.94 bits per heavy atom. The van der Waals surface area contributed by atoms with Crippen molar-refractivity contribution in [2.45, 2.75) is 38.1 Å². The van der Waals surface area contributed by atoms with Gasteiger partial charge in [-0.1, -0.05) is 44.2 Å². The zero-order valence-corrected chi connectivity index (χ0v) is 13.3. The van der Waals surface area contributed by atoms with Gasteiger partial charge in [-0.3, -0.25) is 4.99 Å². The largest absolute Gasteiger partial charge is 0.370 e. The summed E-state index contributed by atoms with van der Waals surface area (Å²) in [5.41, 5.74) is 7.16. The Morgan fingerprint density at radius 1 is 1.33 bits per heavy atom. The molecule has 1 fully saturated rings. The monoisotopic (exact) mass is 359 g/mol. The van der Waals surface area contributed by atoms with Crippen LogP contribution in [0.5, 0.6) is 0 Å². The van der Waals surface area contributed by atoms with E-state index in [1.165, 1.54) is 18.4 Å². The second-order valence-corrected chi connectivity index (χ2v) is 5.37. The summed E-state index contributed by atoms with van der Waals surface area (Å²) in [4.78, 5) is 4.44. The fourth-order valence-electron chi connectivity index (χ4n) is 1.75. The molecule has 0 saturated heterocycles. The average molecular weight is 359 g/mol. The maximum atomic E-state index is 5.84. The minimum Gasteiger partial charge on any atom is -0.370 e. The number of nitrogens with zero attached hydrogens (tertiary/aromatic N) is 1. The van der Waals surface area contributed by atoms with Crippen molar-refractivity contribution in [1.82, 2.24) is 5.32 Å². The van der Waals surface area contributed by atoms with E-state index in [-0.39, 0.29) is 29.4 Å². The van der Waals surface area contributed by atoms with Gasteiger partial charge in [0.05, 0.1) is 6.54 Å². The van der Waals surface area contributed by atoms with E-state index in [0.29, 0.717) is 18.5 Å². The van der Waals surface area contributed by atoms with Crippen LogP contribution in [0, 0.1) is 0 Å². The first-order valence-corrected chi connectivity index (χ1v) is 6.20. The Balaban J connectivity index is 0.00000162. The molecule has 18 heavy (non-hydrogen) atoms. The van der Waals surface area contributed by atoms with Crippen molar-refractivity contribution in [3.05, 3.63) is 35.9 Å². The van der Waals surface area contributed by atoms with Gasteiger partial charge >= 0.3 is 0 Å². The van der Waals surface area contributed by atoms with Gasteiger partial charge in [-0.2, -0.15) is 0 Å². The fourth-order valence-corrected chi connectivity index (χ4v) is 1.75. The van der Waals surface area contributed by atoms with Crippen molar-refractivity contribution in [3.63, 3.8) is 0 Å². The predicted octanol–water partition coefficient (Wildman–Crippen LogP) is 2.65. The van der Waals surface area contributed by atoms with Gasteiger partial charge in [0.1, 0.15) is 0 Å². The summed E-state index contributed by atoms with van der Waals surface area (Å²) in [5, 5.41) is 3.21. The molecule has 2 rings (SSSR count). The highest BCUT2D eigenvalue weighted by atomic mass is 127. The Bertz CT molecular complexity index is 397. The molecule has 0 aromatic heterocycles. The molecule has 1 aliphatic rings. The summed E-state index contributed by atoms with van der Waals surface area (Å²) in [6.45, 7) is 5.09. The topological polar surface area (TPSA) is 50.4 Å². The molecule has 1 aromatic carbocycles. The molecule has 3 N–H and O–H groups in total. The van der Waals surface area contributed by atoms with Crippen LogP contribution in [0.15, 0.2) is 35.3 Å². The zero-order valence-electron chi connectivity index (χ0n) is 11.0. The standard InChI is InChI=1S/C14H21N3.HI/c1-14(2,11-6-4-3-5-7-11)10-16-13(15)17-12-8-9-12;/h3-7,12H,8-10H2,1-2H3,(H3,15,16,17);1H. The lowest BCUT2D eigenvalue weighted by Crippen LogP contribution is -2.35. The molecule has 1 aliphatic carbocycles. The lowest BCUT2D eigenvalue weighted by atomic mass is 9.85. The zero-order chi connectivity index (χ0) is 12.3. The molecule has 0 aliphatic heterocycles. The normalized spacial score (nSPS) is 16.0. The summed E-state index contributed by atoms with van der Waals surface area (Å²) < 4.78 is 0. The smallest absolute Gasteiger partial charge is 0.188 e. The van der Waals surface area contributed by atoms with Crippen LogP contribution in [-0.2, 0) is 5.41 Å². The molecular formula is C14H22IN3. The molecule has 4 heteroatoms. The first kappa shape index (κ1) is 15.3. The molecule has 0 radical (unpaired) electrons. The van der Waals surface area contributed by atoms with Crippen LogP contribution in [0.2, 0.25) is 0 Å². The second-order valence-electron chi connectivity index (χ2n) is 5.37. The number of nitrogens with one attached hydrogen (secondary N) is 1. The summed E-state index contributed by atoms with van der Waals surface area (Å²) in [5.74, 6) is 0.580. The molecule has 0 amide bonds. The molecule has 0 spiro atoms. The fraction of sp³-hybridized carbons (Fsp3) is 0.500. The van der Waals surface area contributed by atoms with E-state index in [9.17, 15) is 0 Å². The molecule has 0 atom stereocenters. The predicted molar refractivity (Wildman–Crippen MR) is 87.5 cm³/mol. The quantitative estimate of drug-likeness (QED) is 0.493. The SMILES string of the molecule is CC(C)(CN=C(N)NC1CC1)c1ccccc1.I. The second kappa shape index (κ2) is 6.41. The highest BCUT2D eigenvalue weighted by Crippen LogP contribution is 2.23. The van der Waals surface area contributed by atoms with Crippen LogP contribution < -0.4 is 11.1 Å². The van der Waals surface area contributed by atoms with E-state index >= 15 is 0 Å². The van der Waals surface area contributed by atoms with Crippen LogP contribution in [-0.4, -0.2) is 18.5 Å². The summed E-state index contributed by atoms with van der Waals surface area (Å²) in [6, 6.07) is 11.0. The maximum absolute atomic E-state index is 5.84. The number of guanidine groups is 1. The van der Waals surface area contributed by atoms with Crippen molar-refractivity contribution < 1.29 is 0 Å². The summed E-state index contributed by atoms with van der Waals surface area (Å²) >= 11 is 0. The molecule has 1 saturated carbocycles. The van der Waals surface area contributed by atoms with Gasteiger partial charge in [-0.15, -0.1) is 24.0 Å². The van der Waals surface area contributed by atoms with Gasteiger partial charge in [-0.05, 0) is 18.4 Å². The van der Waals surface area contributed by atoms with Gasteiger partial charge in [0.2, 0.25) is 0 Å². The van der Waals surface area contributed by atoms with Crippen molar-refractivity contribution in [2.24, 2.45) is 10.7 Å². The number of rotatable bonds is 4. The minimum atomic E-state index is 0. The minimum absolute atomic E-state index is 0. The average Bonchev–Trinajstić information content (AvgIpc) is 3.12. The Morgan fingerprint density at radius 3 is 2.50 bits per heavy atom. The third-order valence-electron chi connectivity index (χ3n) is 3.13. The van der Waals surface area contributed by atoms with Crippen LogP contribution in [0.1, 0.15) is 32.3 Å². The molecule has 0 heterocycles. The maximum Gasteiger partial charge on any atom is 0.188 e.